The number of benzene rings is 3. The summed E-state index contributed by atoms with van der Waals surface area (Å²) in [5.74, 6) is -1.07. The van der Waals surface area contributed by atoms with Gasteiger partial charge in [0.15, 0.2) is 6.04 Å². The van der Waals surface area contributed by atoms with Gasteiger partial charge in [0.25, 0.3) is 17.4 Å². The molecule has 4 rings (SSSR count). The van der Waals surface area contributed by atoms with Gasteiger partial charge in [0, 0.05) is 10.9 Å². The van der Waals surface area contributed by atoms with Gasteiger partial charge in [-0.1, -0.05) is 60.7 Å². The topological polar surface area (TPSA) is 116 Å². The van der Waals surface area contributed by atoms with Crippen LogP contribution in [0.25, 0.3) is 10.8 Å². The van der Waals surface area contributed by atoms with E-state index in [4.69, 9.17) is 0 Å². The lowest BCUT2D eigenvalue weighted by Crippen LogP contribution is -2.40. The number of nitrogens with one attached hydrogen (secondary N) is 3. The predicted octanol–water partition coefficient (Wildman–Crippen LogP) is 2.85. The SMILES string of the molecule is Cc1ccccc1/C=N/NC(=O)[C@H](NC(=O)c1ccccc1)c1n[nH]c(=O)c2ccccc12. The molecule has 164 valence electrons. The normalized spacial score (nSPS) is 11.9. The third-order valence-electron chi connectivity index (χ3n) is 5.14. The summed E-state index contributed by atoms with van der Waals surface area (Å²) in [6.45, 7) is 1.93. The molecule has 8 nitrogen and oxygen atoms in total. The fraction of sp³-hybridized carbons (Fsp3) is 0.0800. The van der Waals surface area contributed by atoms with Crippen molar-refractivity contribution in [2.24, 2.45) is 5.10 Å². The molecule has 1 aromatic heterocycles. The molecule has 1 heterocycles. The van der Waals surface area contributed by atoms with E-state index in [0.717, 1.165) is 11.1 Å². The number of rotatable bonds is 6. The quantitative estimate of drug-likeness (QED) is 0.316. The molecule has 0 aliphatic carbocycles. The maximum Gasteiger partial charge on any atom is 0.272 e. The van der Waals surface area contributed by atoms with Gasteiger partial charge < -0.3 is 5.32 Å². The molecular weight excluding hydrogens is 418 g/mol. The van der Waals surface area contributed by atoms with E-state index in [1.54, 1.807) is 54.6 Å². The van der Waals surface area contributed by atoms with Gasteiger partial charge in [0.1, 0.15) is 5.69 Å². The minimum atomic E-state index is -1.20. The Bertz CT molecular complexity index is 1400. The molecule has 0 bridgehead atoms. The summed E-state index contributed by atoms with van der Waals surface area (Å²) in [5.41, 5.74) is 4.52. The van der Waals surface area contributed by atoms with E-state index in [1.165, 1.54) is 6.21 Å². The monoisotopic (exact) mass is 439 g/mol. The summed E-state index contributed by atoms with van der Waals surface area (Å²) in [4.78, 5) is 38.2. The van der Waals surface area contributed by atoms with Crippen LogP contribution in [0, 0.1) is 6.92 Å². The first-order valence-electron chi connectivity index (χ1n) is 10.3. The summed E-state index contributed by atoms with van der Waals surface area (Å²) in [6, 6.07) is 21.7. The highest BCUT2D eigenvalue weighted by Gasteiger charge is 2.27. The van der Waals surface area contributed by atoms with Crippen LogP contribution in [0.1, 0.15) is 33.2 Å². The zero-order valence-corrected chi connectivity index (χ0v) is 17.8. The van der Waals surface area contributed by atoms with Crippen LogP contribution < -0.4 is 16.3 Å². The third-order valence-corrected chi connectivity index (χ3v) is 5.14. The molecule has 8 heteroatoms. The number of hydrogen-bond acceptors (Lipinski definition) is 5. The molecule has 0 spiro atoms. The van der Waals surface area contributed by atoms with Crippen molar-refractivity contribution < 1.29 is 9.59 Å². The average Bonchev–Trinajstić information content (AvgIpc) is 2.85. The van der Waals surface area contributed by atoms with Crippen molar-refractivity contribution in [3.8, 4) is 0 Å². The second kappa shape index (κ2) is 9.69. The Labute approximate surface area is 189 Å². The lowest BCUT2D eigenvalue weighted by molar-refractivity contribution is -0.123. The molecule has 33 heavy (non-hydrogen) atoms. The number of amides is 2. The minimum Gasteiger partial charge on any atom is -0.335 e. The van der Waals surface area contributed by atoms with E-state index in [9.17, 15) is 14.4 Å². The summed E-state index contributed by atoms with van der Waals surface area (Å²) in [6.07, 6.45) is 1.53. The zero-order valence-electron chi connectivity index (χ0n) is 17.8. The second-order valence-corrected chi connectivity index (χ2v) is 7.35. The van der Waals surface area contributed by atoms with Crippen LogP contribution >= 0.6 is 0 Å². The number of hydrogen-bond donors (Lipinski definition) is 3. The number of aromatic amines is 1. The number of carbonyl (C=O) groups is 2. The van der Waals surface area contributed by atoms with E-state index in [2.05, 4.69) is 26.0 Å². The fourth-order valence-electron chi connectivity index (χ4n) is 3.38. The zero-order chi connectivity index (χ0) is 23.2. The number of H-pyrrole nitrogens is 1. The van der Waals surface area contributed by atoms with Gasteiger partial charge in [-0.3, -0.25) is 14.4 Å². The molecule has 4 aromatic rings. The highest BCUT2D eigenvalue weighted by atomic mass is 16.2. The molecule has 0 aliphatic heterocycles. The fourth-order valence-corrected chi connectivity index (χ4v) is 3.38. The van der Waals surface area contributed by atoms with Crippen LogP contribution in [0.4, 0.5) is 0 Å². The summed E-state index contributed by atoms with van der Waals surface area (Å²) in [7, 11) is 0. The van der Waals surface area contributed by atoms with Crippen LogP contribution in [-0.4, -0.2) is 28.2 Å². The van der Waals surface area contributed by atoms with E-state index >= 15 is 0 Å². The first-order valence-corrected chi connectivity index (χ1v) is 10.3. The highest BCUT2D eigenvalue weighted by Crippen LogP contribution is 2.20. The average molecular weight is 439 g/mol. The van der Waals surface area contributed by atoms with Crippen molar-refractivity contribution in [3.05, 3.63) is 112 Å². The van der Waals surface area contributed by atoms with Crippen molar-refractivity contribution in [2.75, 3.05) is 0 Å². The van der Waals surface area contributed by atoms with Crippen molar-refractivity contribution >= 4 is 28.8 Å². The summed E-state index contributed by atoms with van der Waals surface area (Å²) < 4.78 is 0. The Balaban J connectivity index is 1.68. The van der Waals surface area contributed by atoms with Crippen molar-refractivity contribution in [3.63, 3.8) is 0 Å². The first-order chi connectivity index (χ1) is 16.0. The lowest BCUT2D eigenvalue weighted by Gasteiger charge is -2.18. The Hall–Kier alpha value is -4.59. The van der Waals surface area contributed by atoms with Crippen molar-refractivity contribution in [2.45, 2.75) is 13.0 Å². The van der Waals surface area contributed by atoms with E-state index < -0.39 is 17.9 Å². The van der Waals surface area contributed by atoms with Crippen molar-refractivity contribution in [1.29, 1.82) is 0 Å². The molecule has 2 amide bonds. The van der Waals surface area contributed by atoms with Gasteiger partial charge in [-0.05, 0) is 36.2 Å². The van der Waals surface area contributed by atoms with Gasteiger partial charge in [0.05, 0.1) is 11.6 Å². The number of carbonyl (C=O) groups excluding carboxylic acids is 2. The summed E-state index contributed by atoms with van der Waals surface area (Å²) >= 11 is 0. The molecule has 0 saturated heterocycles. The van der Waals surface area contributed by atoms with Crippen LogP contribution in [0.2, 0.25) is 0 Å². The van der Waals surface area contributed by atoms with Gasteiger partial charge in [0.2, 0.25) is 0 Å². The van der Waals surface area contributed by atoms with E-state index in [-0.39, 0.29) is 11.3 Å². The molecular formula is C25H21N5O3. The number of hydrazone groups is 1. The molecule has 1 atom stereocenters. The number of nitrogens with zero attached hydrogens (tertiary/aromatic N) is 2. The van der Waals surface area contributed by atoms with Crippen LogP contribution in [-0.2, 0) is 4.79 Å². The molecule has 0 unspecified atom stereocenters. The molecule has 3 N–H and O–H groups in total. The number of fused-ring (bicyclic) bond motifs is 1. The Morgan fingerprint density at radius 2 is 1.61 bits per heavy atom. The summed E-state index contributed by atoms with van der Waals surface area (Å²) in [5, 5.41) is 14.1. The Morgan fingerprint density at radius 1 is 0.939 bits per heavy atom. The Morgan fingerprint density at radius 3 is 2.36 bits per heavy atom. The molecule has 3 aromatic carbocycles. The first kappa shape index (κ1) is 21.6. The van der Waals surface area contributed by atoms with Crippen LogP contribution in [0.15, 0.2) is 88.8 Å². The standard InChI is InChI=1S/C25H21N5O3/c1-16-9-5-6-12-18(16)15-26-29-25(33)22(27-23(31)17-10-3-2-4-11-17)21-19-13-7-8-14-20(19)24(32)30-28-21/h2-15,22H,1H3,(H,27,31)(H,29,33)(H,30,32)/b26-15+/t22-/m1/s1. The van der Waals surface area contributed by atoms with Gasteiger partial charge in [-0.2, -0.15) is 10.2 Å². The maximum atomic E-state index is 13.1. The molecule has 0 saturated carbocycles. The smallest absolute Gasteiger partial charge is 0.272 e. The lowest BCUT2D eigenvalue weighted by atomic mass is 10.0. The van der Waals surface area contributed by atoms with Gasteiger partial charge >= 0.3 is 0 Å². The number of aromatic nitrogens is 2. The largest absolute Gasteiger partial charge is 0.335 e. The van der Waals surface area contributed by atoms with E-state index in [1.807, 2.05) is 31.2 Å². The molecule has 0 radical (unpaired) electrons. The highest BCUT2D eigenvalue weighted by molar-refractivity contribution is 5.99. The molecule has 0 aliphatic rings. The van der Waals surface area contributed by atoms with Crippen LogP contribution in [0.3, 0.4) is 0 Å². The van der Waals surface area contributed by atoms with Crippen molar-refractivity contribution in [1.82, 2.24) is 20.9 Å². The van der Waals surface area contributed by atoms with Gasteiger partial charge in [-0.15, -0.1) is 0 Å². The van der Waals surface area contributed by atoms with Crippen LogP contribution in [0.5, 0.6) is 0 Å². The molecule has 0 fully saturated rings. The predicted molar refractivity (Wildman–Crippen MR) is 126 cm³/mol. The second-order valence-electron chi connectivity index (χ2n) is 7.35. The number of aryl methyl sites for hydroxylation is 1. The van der Waals surface area contributed by atoms with Gasteiger partial charge in [-0.25, -0.2) is 10.5 Å². The maximum absolute atomic E-state index is 13.1. The van der Waals surface area contributed by atoms with E-state index in [0.29, 0.717) is 16.3 Å². The Kier molecular flexibility index (Phi) is 6.36. The minimum absolute atomic E-state index is 0.207. The third kappa shape index (κ3) is 4.85.